The third-order valence-electron chi connectivity index (χ3n) is 4.01. The first-order valence-electron chi connectivity index (χ1n) is 7.86. The summed E-state index contributed by atoms with van der Waals surface area (Å²) in [5, 5.41) is 0. The van der Waals surface area contributed by atoms with Crippen LogP contribution in [0.1, 0.15) is 53.9 Å². The summed E-state index contributed by atoms with van der Waals surface area (Å²) in [5.41, 5.74) is -0.352. The standard InChI is InChI=1S/C16H32O4/c1-7-18-14-11-16(5,17-6)15(13(4)20-14)19-10-8-9-12(2)3/h12-15H,7-11H2,1-6H3/t13-,14-,15-,16+/m0/s1. The minimum absolute atomic E-state index is 0.0238. The van der Waals surface area contributed by atoms with Crippen molar-refractivity contribution in [3.63, 3.8) is 0 Å². The van der Waals surface area contributed by atoms with Crippen molar-refractivity contribution in [1.82, 2.24) is 0 Å². The highest BCUT2D eigenvalue weighted by Gasteiger charge is 2.46. The maximum atomic E-state index is 6.07. The molecule has 0 aromatic carbocycles. The van der Waals surface area contributed by atoms with Gasteiger partial charge in [0.15, 0.2) is 6.29 Å². The van der Waals surface area contributed by atoms with E-state index < -0.39 is 0 Å². The number of methoxy groups -OCH3 is 1. The van der Waals surface area contributed by atoms with Gasteiger partial charge in [0.25, 0.3) is 0 Å². The second kappa shape index (κ2) is 8.32. The van der Waals surface area contributed by atoms with Crippen LogP contribution in [0.3, 0.4) is 0 Å². The molecule has 120 valence electrons. The van der Waals surface area contributed by atoms with Crippen LogP contribution in [0, 0.1) is 5.92 Å². The zero-order valence-electron chi connectivity index (χ0n) is 14.0. The predicted octanol–water partition coefficient (Wildman–Crippen LogP) is 3.38. The van der Waals surface area contributed by atoms with E-state index in [1.165, 1.54) is 6.42 Å². The molecule has 0 unspecified atom stereocenters. The van der Waals surface area contributed by atoms with E-state index in [-0.39, 0.29) is 24.1 Å². The molecule has 0 N–H and O–H groups in total. The summed E-state index contributed by atoms with van der Waals surface area (Å²) in [6, 6.07) is 0. The molecule has 0 aromatic rings. The molecule has 0 aromatic heterocycles. The third-order valence-corrected chi connectivity index (χ3v) is 4.01. The van der Waals surface area contributed by atoms with Crippen LogP contribution in [0.15, 0.2) is 0 Å². The van der Waals surface area contributed by atoms with E-state index >= 15 is 0 Å². The topological polar surface area (TPSA) is 36.9 Å². The summed E-state index contributed by atoms with van der Waals surface area (Å²) in [6.07, 6.45) is 2.70. The molecule has 1 saturated heterocycles. The van der Waals surface area contributed by atoms with Gasteiger partial charge < -0.3 is 18.9 Å². The molecule has 0 saturated carbocycles. The zero-order chi connectivity index (χ0) is 15.2. The SMILES string of the molecule is CCO[C@@H]1C[C@@](C)(OC)[C@@H](OCCCC(C)C)[C@H](C)O1. The highest BCUT2D eigenvalue weighted by atomic mass is 16.7. The molecule has 1 aliphatic heterocycles. The van der Waals surface area contributed by atoms with Gasteiger partial charge in [-0.3, -0.25) is 0 Å². The average Bonchev–Trinajstić information content (AvgIpc) is 2.37. The summed E-state index contributed by atoms with van der Waals surface area (Å²) >= 11 is 0. The molecule has 1 rings (SSSR count). The molecular weight excluding hydrogens is 256 g/mol. The normalized spacial score (nSPS) is 34.6. The van der Waals surface area contributed by atoms with Crippen molar-refractivity contribution in [3.8, 4) is 0 Å². The number of ether oxygens (including phenoxy) is 4. The van der Waals surface area contributed by atoms with E-state index in [0.29, 0.717) is 13.0 Å². The smallest absolute Gasteiger partial charge is 0.160 e. The van der Waals surface area contributed by atoms with Gasteiger partial charge in [0.05, 0.1) is 11.7 Å². The molecule has 0 bridgehead atoms. The molecule has 0 aliphatic carbocycles. The van der Waals surface area contributed by atoms with Gasteiger partial charge in [0.2, 0.25) is 0 Å². The zero-order valence-corrected chi connectivity index (χ0v) is 14.0. The Morgan fingerprint density at radius 2 is 2.00 bits per heavy atom. The molecule has 1 fully saturated rings. The van der Waals surface area contributed by atoms with Gasteiger partial charge in [-0.2, -0.15) is 0 Å². The van der Waals surface area contributed by atoms with Crippen molar-refractivity contribution in [2.24, 2.45) is 5.92 Å². The van der Waals surface area contributed by atoms with Gasteiger partial charge in [-0.1, -0.05) is 13.8 Å². The van der Waals surface area contributed by atoms with E-state index in [1.807, 2.05) is 13.8 Å². The van der Waals surface area contributed by atoms with Crippen LogP contribution < -0.4 is 0 Å². The second-order valence-corrected chi connectivity index (χ2v) is 6.27. The van der Waals surface area contributed by atoms with Crippen molar-refractivity contribution in [2.75, 3.05) is 20.3 Å². The van der Waals surface area contributed by atoms with E-state index in [2.05, 4.69) is 20.8 Å². The highest BCUT2D eigenvalue weighted by molar-refractivity contribution is 4.93. The van der Waals surface area contributed by atoms with Gasteiger partial charge in [-0.05, 0) is 39.5 Å². The van der Waals surface area contributed by atoms with E-state index in [1.54, 1.807) is 7.11 Å². The van der Waals surface area contributed by atoms with Gasteiger partial charge >= 0.3 is 0 Å². The molecule has 0 amide bonds. The lowest BCUT2D eigenvalue weighted by Gasteiger charge is -2.46. The first kappa shape index (κ1) is 17.9. The van der Waals surface area contributed by atoms with Crippen molar-refractivity contribution in [3.05, 3.63) is 0 Å². The van der Waals surface area contributed by atoms with Crippen molar-refractivity contribution in [1.29, 1.82) is 0 Å². The fraction of sp³-hybridized carbons (Fsp3) is 1.00. The first-order chi connectivity index (χ1) is 9.42. The summed E-state index contributed by atoms with van der Waals surface area (Å²) in [5.74, 6) is 0.717. The lowest BCUT2D eigenvalue weighted by Crippen LogP contribution is -2.57. The Balaban J connectivity index is 2.54. The summed E-state index contributed by atoms with van der Waals surface area (Å²) in [6.45, 7) is 12.0. The lowest BCUT2D eigenvalue weighted by atomic mass is 9.88. The molecule has 4 atom stereocenters. The van der Waals surface area contributed by atoms with Crippen molar-refractivity contribution in [2.45, 2.75) is 78.0 Å². The molecular formula is C16H32O4. The minimum Gasteiger partial charge on any atom is -0.376 e. The van der Waals surface area contributed by atoms with Crippen molar-refractivity contribution < 1.29 is 18.9 Å². The Hall–Kier alpha value is -0.160. The predicted molar refractivity (Wildman–Crippen MR) is 79.8 cm³/mol. The molecule has 20 heavy (non-hydrogen) atoms. The monoisotopic (exact) mass is 288 g/mol. The minimum atomic E-state index is -0.352. The fourth-order valence-electron chi connectivity index (χ4n) is 2.80. The summed E-state index contributed by atoms with van der Waals surface area (Å²) in [4.78, 5) is 0. The fourth-order valence-corrected chi connectivity index (χ4v) is 2.80. The largest absolute Gasteiger partial charge is 0.376 e. The summed E-state index contributed by atoms with van der Waals surface area (Å²) in [7, 11) is 1.74. The molecule has 4 heteroatoms. The Kier molecular flexibility index (Phi) is 7.45. The molecule has 0 spiro atoms. The quantitative estimate of drug-likeness (QED) is 0.642. The molecule has 1 aliphatic rings. The maximum Gasteiger partial charge on any atom is 0.160 e. The Morgan fingerprint density at radius 1 is 1.30 bits per heavy atom. The van der Waals surface area contributed by atoms with E-state index in [4.69, 9.17) is 18.9 Å². The Morgan fingerprint density at radius 3 is 2.55 bits per heavy atom. The van der Waals surface area contributed by atoms with Gasteiger partial charge in [-0.15, -0.1) is 0 Å². The van der Waals surface area contributed by atoms with Crippen LogP contribution in [0.4, 0.5) is 0 Å². The highest BCUT2D eigenvalue weighted by Crippen LogP contribution is 2.34. The van der Waals surface area contributed by atoms with E-state index in [9.17, 15) is 0 Å². The van der Waals surface area contributed by atoms with Gasteiger partial charge in [0, 0.05) is 26.7 Å². The van der Waals surface area contributed by atoms with Gasteiger partial charge in [-0.25, -0.2) is 0 Å². The van der Waals surface area contributed by atoms with Crippen LogP contribution in [-0.2, 0) is 18.9 Å². The first-order valence-corrected chi connectivity index (χ1v) is 7.86. The Labute approximate surface area is 124 Å². The van der Waals surface area contributed by atoms with Crippen LogP contribution >= 0.6 is 0 Å². The Bertz CT molecular complexity index is 269. The van der Waals surface area contributed by atoms with Crippen LogP contribution in [0.25, 0.3) is 0 Å². The lowest BCUT2D eigenvalue weighted by molar-refractivity contribution is -0.285. The van der Waals surface area contributed by atoms with Crippen LogP contribution in [-0.4, -0.2) is 44.4 Å². The van der Waals surface area contributed by atoms with Gasteiger partial charge in [0.1, 0.15) is 6.10 Å². The van der Waals surface area contributed by atoms with E-state index in [0.717, 1.165) is 18.9 Å². The second-order valence-electron chi connectivity index (χ2n) is 6.27. The average molecular weight is 288 g/mol. The maximum absolute atomic E-state index is 6.07. The molecule has 0 radical (unpaired) electrons. The number of hydrogen-bond acceptors (Lipinski definition) is 4. The number of rotatable bonds is 8. The third kappa shape index (κ3) is 4.99. The molecule has 4 nitrogen and oxygen atoms in total. The number of hydrogen-bond donors (Lipinski definition) is 0. The molecule has 1 heterocycles. The van der Waals surface area contributed by atoms with Crippen molar-refractivity contribution >= 4 is 0 Å². The summed E-state index contributed by atoms with van der Waals surface area (Å²) < 4.78 is 23.3. The van der Waals surface area contributed by atoms with Crippen LogP contribution in [0.2, 0.25) is 0 Å². The van der Waals surface area contributed by atoms with Crippen LogP contribution in [0.5, 0.6) is 0 Å².